The van der Waals surface area contributed by atoms with Gasteiger partial charge in [0.05, 0.1) is 6.42 Å². The second-order valence-corrected chi connectivity index (χ2v) is 9.51. The summed E-state index contributed by atoms with van der Waals surface area (Å²) in [6.45, 7) is 5.38. The van der Waals surface area contributed by atoms with E-state index in [9.17, 15) is 4.79 Å². The van der Waals surface area contributed by atoms with Gasteiger partial charge in [-0.15, -0.1) is 0 Å². The zero-order valence-corrected chi connectivity index (χ0v) is 21.0. The van der Waals surface area contributed by atoms with Crippen molar-refractivity contribution in [3.63, 3.8) is 0 Å². The molecule has 4 rings (SSSR count). The zero-order chi connectivity index (χ0) is 24.3. The molecule has 0 unspecified atom stereocenters. The molecule has 0 atom stereocenters. The van der Waals surface area contributed by atoms with E-state index in [0.29, 0.717) is 26.1 Å². The van der Waals surface area contributed by atoms with Crippen LogP contribution in [0.5, 0.6) is 0 Å². The third-order valence-corrected chi connectivity index (χ3v) is 6.83. The molecule has 1 fully saturated rings. The maximum absolute atomic E-state index is 13.3. The first kappa shape index (κ1) is 25.2. The van der Waals surface area contributed by atoms with E-state index in [4.69, 9.17) is 4.74 Å². The molecule has 0 aliphatic carbocycles. The van der Waals surface area contributed by atoms with Crippen molar-refractivity contribution < 1.29 is 9.53 Å². The quantitative estimate of drug-likeness (QED) is 0.325. The van der Waals surface area contributed by atoms with Gasteiger partial charge in [-0.2, -0.15) is 0 Å². The highest BCUT2D eigenvalue weighted by atomic mass is 16.5. The van der Waals surface area contributed by atoms with Crippen LogP contribution < -0.4 is 0 Å². The molecule has 4 nitrogen and oxygen atoms in total. The molecule has 0 bridgehead atoms. The number of nitrogens with zero attached hydrogens (tertiary/aromatic N) is 2. The van der Waals surface area contributed by atoms with Crippen molar-refractivity contribution in [1.82, 2.24) is 9.80 Å². The average molecular weight is 471 g/mol. The van der Waals surface area contributed by atoms with Gasteiger partial charge >= 0.3 is 0 Å². The number of hydrogen-bond donors (Lipinski definition) is 0. The number of ether oxygens (including phenoxy) is 1. The molecular weight excluding hydrogens is 432 g/mol. The Hall–Kier alpha value is -2.95. The van der Waals surface area contributed by atoms with Gasteiger partial charge in [0.1, 0.15) is 0 Å². The van der Waals surface area contributed by atoms with Crippen LogP contribution in [0.4, 0.5) is 0 Å². The lowest BCUT2D eigenvalue weighted by Gasteiger charge is -2.26. The number of benzene rings is 3. The molecule has 1 saturated heterocycles. The largest absolute Gasteiger partial charge is 0.385 e. The summed E-state index contributed by atoms with van der Waals surface area (Å²) in [7, 11) is 1.71. The summed E-state index contributed by atoms with van der Waals surface area (Å²) < 4.78 is 5.26. The van der Waals surface area contributed by atoms with Gasteiger partial charge in [-0.1, -0.05) is 85.3 Å². The summed E-state index contributed by atoms with van der Waals surface area (Å²) in [5.41, 5.74) is 5.99. The highest BCUT2D eigenvalue weighted by molar-refractivity contribution is 5.79. The van der Waals surface area contributed by atoms with Crippen LogP contribution in [0.3, 0.4) is 0 Å². The van der Waals surface area contributed by atoms with E-state index in [1.807, 2.05) is 35.2 Å². The van der Waals surface area contributed by atoms with E-state index in [1.54, 1.807) is 7.11 Å². The molecule has 35 heavy (non-hydrogen) atoms. The van der Waals surface area contributed by atoms with Crippen molar-refractivity contribution in [2.24, 2.45) is 0 Å². The first-order valence-corrected chi connectivity index (χ1v) is 12.9. The van der Waals surface area contributed by atoms with E-state index >= 15 is 0 Å². The lowest BCUT2D eigenvalue weighted by molar-refractivity contribution is -0.131. The smallest absolute Gasteiger partial charge is 0.227 e. The molecular formula is C31H38N2O2. The summed E-state index contributed by atoms with van der Waals surface area (Å²) in [4.78, 5) is 17.8. The summed E-state index contributed by atoms with van der Waals surface area (Å²) in [6, 6.07) is 27.5. The van der Waals surface area contributed by atoms with Gasteiger partial charge in [0.15, 0.2) is 0 Å². The summed E-state index contributed by atoms with van der Waals surface area (Å²) >= 11 is 0. The van der Waals surface area contributed by atoms with Gasteiger partial charge in [-0.25, -0.2) is 0 Å². The van der Waals surface area contributed by atoms with E-state index in [1.165, 1.54) is 54.6 Å². The fourth-order valence-corrected chi connectivity index (χ4v) is 4.88. The molecule has 1 heterocycles. The van der Waals surface area contributed by atoms with Crippen molar-refractivity contribution in [1.29, 1.82) is 0 Å². The predicted octanol–water partition coefficient (Wildman–Crippen LogP) is 5.95. The zero-order valence-electron chi connectivity index (χ0n) is 21.0. The van der Waals surface area contributed by atoms with E-state index < -0.39 is 0 Å². The summed E-state index contributed by atoms with van der Waals surface area (Å²) in [5, 5.41) is 0. The minimum atomic E-state index is 0.152. The fraction of sp³-hybridized carbons (Fsp3) is 0.387. The third kappa shape index (κ3) is 7.51. The molecule has 0 aromatic heterocycles. The van der Waals surface area contributed by atoms with Crippen LogP contribution in [0.2, 0.25) is 0 Å². The number of amides is 1. The van der Waals surface area contributed by atoms with Gasteiger partial charge in [-0.05, 0) is 60.2 Å². The molecule has 3 aromatic carbocycles. The Bertz CT molecular complexity index is 1040. The lowest BCUT2D eigenvalue weighted by Crippen LogP contribution is -2.33. The van der Waals surface area contributed by atoms with Crippen LogP contribution in [-0.4, -0.2) is 49.1 Å². The molecule has 1 amide bonds. The summed E-state index contributed by atoms with van der Waals surface area (Å²) in [5.74, 6) is 0.152. The van der Waals surface area contributed by atoms with Crippen molar-refractivity contribution in [3.05, 3.63) is 95.6 Å². The molecule has 0 N–H and O–H groups in total. The maximum Gasteiger partial charge on any atom is 0.227 e. The van der Waals surface area contributed by atoms with Crippen LogP contribution in [-0.2, 0) is 29.0 Å². The van der Waals surface area contributed by atoms with E-state index in [0.717, 1.165) is 18.5 Å². The number of hydrogen-bond acceptors (Lipinski definition) is 3. The Labute approximate surface area is 210 Å². The third-order valence-electron chi connectivity index (χ3n) is 6.83. The molecule has 4 heteroatoms. The second-order valence-electron chi connectivity index (χ2n) is 9.51. The van der Waals surface area contributed by atoms with E-state index in [-0.39, 0.29) is 5.91 Å². The SMILES string of the molecule is COCCCN(Cc1ccccc1-c1ccc(CN2CCCCC2)cc1)C(=O)Cc1ccccc1. The Morgan fingerprint density at radius 3 is 2.31 bits per heavy atom. The first-order valence-electron chi connectivity index (χ1n) is 12.9. The molecule has 0 radical (unpaired) electrons. The van der Waals surface area contributed by atoms with Gasteiger partial charge < -0.3 is 9.64 Å². The Morgan fingerprint density at radius 2 is 1.57 bits per heavy atom. The number of likely N-dealkylation sites (tertiary alicyclic amines) is 1. The highest BCUT2D eigenvalue weighted by Gasteiger charge is 2.17. The van der Waals surface area contributed by atoms with Gasteiger partial charge in [-0.3, -0.25) is 9.69 Å². The molecule has 0 saturated carbocycles. The molecule has 0 spiro atoms. The molecule has 184 valence electrons. The van der Waals surface area contributed by atoms with Crippen molar-refractivity contribution in [2.75, 3.05) is 33.4 Å². The van der Waals surface area contributed by atoms with Gasteiger partial charge in [0.2, 0.25) is 5.91 Å². The van der Waals surface area contributed by atoms with Gasteiger partial charge in [0.25, 0.3) is 0 Å². The number of rotatable bonds is 11. The normalized spacial score (nSPS) is 14.1. The summed E-state index contributed by atoms with van der Waals surface area (Å²) in [6.07, 6.45) is 5.23. The van der Waals surface area contributed by atoms with Crippen molar-refractivity contribution >= 4 is 5.91 Å². The topological polar surface area (TPSA) is 32.8 Å². The number of carbonyl (C=O) groups is 1. The maximum atomic E-state index is 13.3. The highest BCUT2D eigenvalue weighted by Crippen LogP contribution is 2.26. The minimum Gasteiger partial charge on any atom is -0.385 e. The Balaban J connectivity index is 1.48. The van der Waals surface area contributed by atoms with Crippen molar-refractivity contribution in [2.45, 2.75) is 45.2 Å². The standard InChI is InChI=1S/C31H38N2O2/c1-35-22-10-21-33(31(34)23-26-11-4-2-5-12-26)25-29-13-6-7-14-30(29)28-17-15-27(16-18-28)24-32-19-8-3-9-20-32/h2,4-7,11-18H,3,8-10,19-25H2,1H3. The molecule has 1 aliphatic heterocycles. The Morgan fingerprint density at radius 1 is 0.857 bits per heavy atom. The van der Waals surface area contributed by atoms with Crippen LogP contribution in [0, 0.1) is 0 Å². The number of piperidine rings is 1. The van der Waals surface area contributed by atoms with Crippen LogP contribution in [0.25, 0.3) is 11.1 Å². The first-order chi connectivity index (χ1) is 17.2. The van der Waals surface area contributed by atoms with Crippen LogP contribution in [0.15, 0.2) is 78.9 Å². The monoisotopic (exact) mass is 470 g/mol. The fourth-order valence-electron chi connectivity index (χ4n) is 4.88. The minimum absolute atomic E-state index is 0.152. The second kappa shape index (κ2) is 13.2. The molecule has 1 aliphatic rings. The van der Waals surface area contributed by atoms with Gasteiger partial charge in [0, 0.05) is 33.4 Å². The molecule has 3 aromatic rings. The van der Waals surface area contributed by atoms with Crippen LogP contribution >= 0.6 is 0 Å². The average Bonchev–Trinajstić information content (AvgIpc) is 2.90. The van der Waals surface area contributed by atoms with E-state index in [2.05, 4.69) is 53.4 Å². The number of carbonyl (C=O) groups excluding carboxylic acids is 1. The number of methoxy groups -OCH3 is 1. The lowest BCUT2D eigenvalue weighted by atomic mass is 9.97. The Kier molecular flexibility index (Phi) is 9.50. The van der Waals surface area contributed by atoms with Crippen molar-refractivity contribution in [3.8, 4) is 11.1 Å². The van der Waals surface area contributed by atoms with Crippen LogP contribution in [0.1, 0.15) is 42.4 Å². The predicted molar refractivity (Wildman–Crippen MR) is 143 cm³/mol.